The Balaban J connectivity index is 1.35. The molecule has 0 unspecified atom stereocenters. The molecule has 4 heterocycles. The lowest BCUT2D eigenvalue weighted by molar-refractivity contribution is -0.169. The van der Waals surface area contributed by atoms with Gasteiger partial charge in [0.05, 0.1) is 13.2 Å². The van der Waals surface area contributed by atoms with Crippen molar-refractivity contribution in [2.45, 2.75) is 38.5 Å². The highest BCUT2D eigenvalue weighted by molar-refractivity contribution is 5.53. The topological polar surface area (TPSA) is 50.7 Å². The van der Waals surface area contributed by atoms with Gasteiger partial charge in [0.25, 0.3) is 0 Å². The van der Waals surface area contributed by atoms with Crippen LogP contribution < -0.4 is 9.80 Å². The fourth-order valence-corrected chi connectivity index (χ4v) is 4.41. The van der Waals surface area contributed by atoms with E-state index in [0.717, 1.165) is 62.9 Å². The van der Waals surface area contributed by atoms with Crippen LogP contribution in [0.3, 0.4) is 0 Å². The SMILES string of the molecule is Cc1nc(N2CCC3(CC2)OCCO3)cc(N2CCc3ccccc3C2)n1. The molecule has 0 N–H and O–H groups in total. The molecule has 2 aromatic rings. The summed E-state index contributed by atoms with van der Waals surface area (Å²) in [6.07, 6.45) is 2.85. The third-order valence-corrected chi connectivity index (χ3v) is 5.93. The molecular formula is C21H26N4O2. The molecule has 1 spiro atoms. The first kappa shape index (κ1) is 17.0. The third kappa shape index (κ3) is 3.28. The van der Waals surface area contributed by atoms with Crippen LogP contribution in [0, 0.1) is 6.92 Å². The monoisotopic (exact) mass is 366 g/mol. The number of aromatic nitrogens is 2. The third-order valence-electron chi connectivity index (χ3n) is 5.93. The van der Waals surface area contributed by atoms with Crippen LogP contribution >= 0.6 is 0 Å². The van der Waals surface area contributed by atoms with Gasteiger partial charge in [-0.05, 0) is 24.5 Å². The predicted octanol–water partition coefficient (Wildman–Crippen LogP) is 2.69. The van der Waals surface area contributed by atoms with E-state index < -0.39 is 0 Å². The van der Waals surface area contributed by atoms with Gasteiger partial charge in [-0.15, -0.1) is 0 Å². The van der Waals surface area contributed by atoms with Gasteiger partial charge in [0.15, 0.2) is 5.79 Å². The number of rotatable bonds is 2. The number of nitrogens with zero attached hydrogens (tertiary/aromatic N) is 4. The highest BCUT2D eigenvalue weighted by Gasteiger charge is 2.40. The summed E-state index contributed by atoms with van der Waals surface area (Å²) in [6, 6.07) is 10.9. The van der Waals surface area contributed by atoms with E-state index in [0.29, 0.717) is 13.2 Å². The lowest BCUT2D eigenvalue weighted by Crippen LogP contribution is -2.45. The van der Waals surface area contributed by atoms with Crippen molar-refractivity contribution in [3.05, 3.63) is 47.3 Å². The predicted molar refractivity (Wildman–Crippen MR) is 104 cm³/mol. The van der Waals surface area contributed by atoms with Crippen molar-refractivity contribution >= 4 is 11.6 Å². The second-order valence-corrected chi connectivity index (χ2v) is 7.67. The maximum atomic E-state index is 5.85. The number of piperidine rings is 1. The molecule has 0 bridgehead atoms. The van der Waals surface area contributed by atoms with Crippen LogP contribution in [0.15, 0.2) is 30.3 Å². The maximum Gasteiger partial charge on any atom is 0.171 e. The number of aryl methyl sites for hydroxylation is 1. The molecule has 0 radical (unpaired) electrons. The van der Waals surface area contributed by atoms with Crippen molar-refractivity contribution in [3.63, 3.8) is 0 Å². The normalized spacial score (nSPS) is 21.5. The zero-order valence-electron chi connectivity index (χ0n) is 15.9. The van der Waals surface area contributed by atoms with Gasteiger partial charge in [0.2, 0.25) is 0 Å². The largest absolute Gasteiger partial charge is 0.356 e. The molecule has 27 heavy (non-hydrogen) atoms. The molecule has 6 nitrogen and oxygen atoms in total. The molecule has 5 rings (SSSR count). The Morgan fingerprint density at radius 2 is 1.56 bits per heavy atom. The average molecular weight is 366 g/mol. The minimum atomic E-state index is -0.349. The van der Waals surface area contributed by atoms with Gasteiger partial charge in [-0.2, -0.15) is 0 Å². The number of ether oxygens (including phenoxy) is 2. The quantitative estimate of drug-likeness (QED) is 0.815. The van der Waals surface area contributed by atoms with Gasteiger partial charge < -0.3 is 19.3 Å². The maximum absolute atomic E-state index is 5.85. The van der Waals surface area contributed by atoms with E-state index in [1.807, 2.05) is 6.92 Å². The summed E-state index contributed by atoms with van der Waals surface area (Å²) >= 11 is 0. The van der Waals surface area contributed by atoms with Gasteiger partial charge in [-0.1, -0.05) is 24.3 Å². The highest BCUT2D eigenvalue weighted by Crippen LogP contribution is 2.33. The van der Waals surface area contributed by atoms with Gasteiger partial charge in [0.1, 0.15) is 17.5 Å². The van der Waals surface area contributed by atoms with Crippen molar-refractivity contribution in [3.8, 4) is 0 Å². The Kier molecular flexibility index (Phi) is 4.25. The van der Waals surface area contributed by atoms with Crippen LogP contribution in [-0.2, 0) is 22.4 Å². The highest BCUT2D eigenvalue weighted by atomic mass is 16.7. The summed E-state index contributed by atoms with van der Waals surface area (Å²) in [5, 5.41) is 0. The number of hydrogen-bond acceptors (Lipinski definition) is 6. The van der Waals surface area contributed by atoms with Crippen LogP contribution in [0.5, 0.6) is 0 Å². The standard InChI is InChI=1S/C21H26N4O2/c1-16-22-19(24-10-7-21(8-11-24)26-12-13-27-21)14-20(23-16)25-9-6-17-4-2-3-5-18(17)15-25/h2-5,14H,6-13,15H2,1H3. The fourth-order valence-electron chi connectivity index (χ4n) is 4.41. The lowest BCUT2D eigenvalue weighted by atomic mass is 10.00. The van der Waals surface area contributed by atoms with E-state index in [1.165, 1.54) is 11.1 Å². The second kappa shape index (κ2) is 6.77. The van der Waals surface area contributed by atoms with E-state index in [9.17, 15) is 0 Å². The molecule has 1 aromatic carbocycles. The van der Waals surface area contributed by atoms with E-state index in [2.05, 4.69) is 40.1 Å². The molecule has 0 amide bonds. The van der Waals surface area contributed by atoms with Crippen LogP contribution in [0.1, 0.15) is 29.8 Å². The summed E-state index contributed by atoms with van der Waals surface area (Å²) in [7, 11) is 0. The molecule has 0 saturated carbocycles. The number of hydrogen-bond donors (Lipinski definition) is 0. The smallest absolute Gasteiger partial charge is 0.171 e. The van der Waals surface area contributed by atoms with Crippen molar-refractivity contribution in [1.29, 1.82) is 0 Å². The number of fused-ring (bicyclic) bond motifs is 1. The molecule has 2 saturated heterocycles. The van der Waals surface area contributed by atoms with Gasteiger partial charge in [-0.3, -0.25) is 0 Å². The molecule has 142 valence electrons. The van der Waals surface area contributed by atoms with Crippen molar-refractivity contribution in [2.24, 2.45) is 0 Å². The van der Waals surface area contributed by atoms with E-state index in [4.69, 9.17) is 19.4 Å². The van der Waals surface area contributed by atoms with Gasteiger partial charge >= 0.3 is 0 Å². The zero-order chi connectivity index (χ0) is 18.3. The lowest BCUT2D eigenvalue weighted by Gasteiger charge is -2.38. The van der Waals surface area contributed by atoms with Crippen LogP contribution in [0.2, 0.25) is 0 Å². The van der Waals surface area contributed by atoms with E-state index in [-0.39, 0.29) is 5.79 Å². The van der Waals surface area contributed by atoms with E-state index >= 15 is 0 Å². The average Bonchev–Trinajstić information content (AvgIpc) is 3.15. The number of anilines is 2. The van der Waals surface area contributed by atoms with Crippen molar-refractivity contribution in [2.75, 3.05) is 42.6 Å². The first-order valence-corrected chi connectivity index (χ1v) is 9.91. The minimum absolute atomic E-state index is 0.349. The molecule has 3 aliphatic heterocycles. The van der Waals surface area contributed by atoms with Crippen LogP contribution in [0.25, 0.3) is 0 Å². The Hall–Kier alpha value is -2.18. The summed E-state index contributed by atoms with van der Waals surface area (Å²) in [4.78, 5) is 14.2. The van der Waals surface area contributed by atoms with Crippen LogP contribution in [-0.4, -0.2) is 48.6 Å². The van der Waals surface area contributed by atoms with Crippen molar-refractivity contribution < 1.29 is 9.47 Å². The van der Waals surface area contributed by atoms with Crippen molar-refractivity contribution in [1.82, 2.24) is 9.97 Å². The first-order chi connectivity index (χ1) is 13.2. The molecule has 6 heteroatoms. The molecular weight excluding hydrogens is 340 g/mol. The Bertz CT molecular complexity index is 825. The minimum Gasteiger partial charge on any atom is -0.356 e. The summed E-state index contributed by atoms with van der Waals surface area (Å²) < 4.78 is 11.7. The molecule has 1 aromatic heterocycles. The summed E-state index contributed by atoms with van der Waals surface area (Å²) in [5.41, 5.74) is 2.86. The Labute approximate surface area is 160 Å². The molecule has 2 fully saturated rings. The van der Waals surface area contributed by atoms with Gasteiger partial charge in [0, 0.05) is 45.1 Å². The van der Waals surface area contributed by atoms with Gasteiger partial charge in [-0.25, -0.2) is 9.97 Å². The second-order valence-electron chi connectivity index (χ2n) is 7.67. The van der Waals surface area contributed by atoms with E-state index in [1.54, 1.807) is 0 Å². The molecule has 0 aliphatic carbocycles. The Morgan fingerprint density at radius 3 is 2.30 bits per heavy atom. The fraction of sp³-hybridized carbons (Fsp3) is 0.524. The summed E-state index contributed by atoms with van der Waals surface area (Å²) in [5.74, 6) is 2.53. The first-order valence-electron chi connectivity index (χ1n) is 9.91. The molecule has 3 aliphatic rings. The zero-order valence-corrected chi connectivity index (χ0v) is 15.9. The van der Waals surface area contributed by atoms with Crippen LogP contribution in [0.4, 0.5) is 11.6 Å². The molecule has 0 atom stereocenters. The Morgan fingerprint density at radius 1 is 0.889 bits per heavy atom. The summed E-state index contributed by atoms with van der Waals surface area (Å²) in [6.45, 7) is 7.13. The number of benzene rings is 1.